The van der Waals surface area contributed by atoms with Crippen LogP contribution in [0, 0.1) is 5.82 Å². The number of aromatic nitrogens is 3. The molecule has 0 spiro atoms. The molecule has 18 heavy (non-hydrogen) atoms. The van der Waals surface area contributed by atoms with Crippen LogP contribution >= 0.6 is 11.6 Å². The number of hydrogen-bond acceptors (Lipinski definition) is 2. The summed E-state index contributed by atoms with van der Waals surface area (Å²) in [6, 6.07) is 6.48. The number of rotatable bonds is 3. The molecule has 3 rings (SSSR count). The van der Waals surface area contributed by atoms with Crippen molar-refractivity contribution in [1.82, 2.24) is 14.8 Å². The molecule has 0 N–H and O–H groups in total. The highest BCUT2D eigenvalue weighted by atomic mass is 35.5. The van der Waals surface area contributed by atoms with E-state index in [0.717, 1.165) is 24.2 Å². The molecular formula is C13H13ClFN3. The minimum absolute atomic E-state index is 0.0173. The molecule has 1 aromatic heterocycles. The van der Waals surface area contributed by atoms with Gasteiger partial charge in [-0.15, -0.1) is 10.2 Å². The van der Waals surface area contributed by atoms with Gasteiger partial charge in [0.25, 0.3) is 0 Å². The van der Waals surface area contributed by atoms with Crippen molar-refractivity contribution in [3.05, 3.63) is 46.8 Å². The first kappa shape index (κ1) is 11.7. The van der Waals surface area contributed by atoms with Crippen LogP contribution in [0.3, 0.4) is 0 Å². The highest BCUT2D eigenvalue weighted by Crippen LogP contribution is 2.41. The maximum Gasteiger partial charge on any atom is 0.225 e. The van der Waals surface area contributed by atoms with Gasteiger partial charge in [0.2, 0.25) is 5.28 Å². The van der Waals surface area contributed by atoms with E-state index < -0.39 is 0 Å². The Balaban J connectivity index is 1.98. The van der Waals surface area contributed by atoms with Crippen LogP contribution in [-0.4, -0.2) is 14.8 Å². The zero-order valence-corrected chi connectivity index (χ0v) is 10.7. The second kappa shape index (κ2) is 4.35. The van der Waals surface area contributed by atoms with Crippen molar-refractivity contribution >= 4 is 11.6 Å². The Morgan fingerprint density at radius 2 is 1.94 bits per heavy atom. The van der Waals surface area contributed by atoms with Crippen molar-refractivity contribution < 1.29 is 4.39 Å². The van der Waals surface area contributed by atoms with Gasteiger partial charge in [0.1, 0.15) is 11.6 Å². The highest BCUT2D eigenvalue weighted by Gasteiger charge is 2.31. The van der Waals surface area contributed by atoms with Gasteiger partial charge >= 0.3 is 0 Å². The third-order valence-electron chi connectivity index (χ3n) is 3.36. The predicted octanol–water partition coefficient (Wildman–Crippen LogP) is 3.56. The fourth-order valence-electron chi connectivity index (χ4n) is 2.15. The second-order valence-corrected chi connectivity index (χ2v) is 5.04. The first-order valence-corrected chi connectivity index (χ1v) is 6.40. The molecule has 0 aliphatic heterocycles. The largest absolute Gasteiger partial charge is 0.294 e. The van der Waals surface area contributed by atoms with Crippen molar-refractivity contribution in [2.45, 2.75) is 31.7 Å². The van der Waals surface area contributed by atoms with E-state index in [-0.39, 0.29) is 11.9 Å². The molecule has 1 heterocycles. The van der Waals surface area contributed by atoms with Gasteiger partial charge in [-0.2, -0.15) is 0 Å². The summed E-state index contributed by atoms with van der Waals surface area (Å²) < 4.78 is 14.9. The summed E-state index contributed by atoms with van der Waals surface area (Å²) in [4.78, 5) is 0. The number of nitrogens with zero attached hydrogens (tertiary/aromatic N) is 3. The Morgan fingerprint density at radius 1 is 1.28 bits per heavy atom. The van der Waals surface area contributed by atoms with E-state index in [2.05, 4.69) is 10.2 Å². The Morgan fingerprint density at radius 3 is 2.56 bits per heavy atom. The molecule has 1 aromatic carbocycles. The Bertz CT molecular complexity index is 560. The average molecular weight is 266 g/mol. The van der Waals surface area contributed by atoms with Crippen LogP contribution in [0.5, 0.6) is 0 Å². The maximum atomic E-state index is 12.9. The lowest BCUT2D eigenvalue weighted by Gasteiger charge is -2.16. The van der Waals surface area contributed by atoms with E-state index in [9.17, 15) is 4.39 Å². The lowest BCUT2D eigenvalue weighted by atomic mass is 10.1. The summed E-state index contributed by atoms with van der Waals surface area (Å²) in [5, 5.41) is 8.49. The standard InChI is InChI=1S/C13H13ClFN3/c1-8(9-4-6-11(15)7-5-9)18-12(10-2-3-10)16-17-13(18)14/h4-8,10H,2-3H2,1H3. The number of hydrogen-bond donors (Lipinski definition) is 0. The molecule has 0 amide bonds. The van der Waals surface area contributed by atoms with Crippen molar-refractivity contribution in [1.29, 1.82) is 0 Å². The zero-order valence-electron chi connectivity index (χ0n) is 9.98. The normalized spacial score (nSPS) is 16.8. The van der Waals surface area contributed by atoms with Gasteiger partial charge < -0.3 is 0 Å². The minimum Gasteiger partial charge on any atom is -0.294 e. The molecule has 0 radical (unpaired) electrons. The second-order valence-electron chi connectivity index (χ2n) is 4.70. The predicted molar refractivity (Wildman–Crippen MR) is 67.2 cm³/mol. The third kappa shape index (κ3) is 2.01. The fraction of sp³-hybridized carbons (Fsp3) is 0.385. The monoisotopic (exact) mass is 265 g/mol. The van der Waals surface area contributed by atoms with Gasteiger partial charge in [0, 0.05) is 5.92 Å². The third-order valence-corrected chi connectivity index (χ3v) is 3.62. The highest BCUT2D eigenvalue weighted by molar-refractivity contribution is 6.28. The molecule has 1 fully saturated rings. The number of halogens is 2. The maximum absolute atomic E-state index is 12.9. The van der Waals surface area contributed by atoms with E-state index in [1.165, 1.54) is 12.1 Å². The number of benzene rings is 1. The summed E-state index contributed by atoms with van der Waals surface area (Å²) in [5.74, 6) is 1.19. The van der Waals surface area contributed by atoms with E-state index in [1.54, 1.807) is 12.1 Å². The van der Waals surface area contributed by atoms with Crippen molar-refractivity contribution in [2.24, 2.45) is 0 Å². The van der Waals surface area contributed by atoms with Crippen molar-refractivity contribution in [3.63, 3.8) is 0 Å². The van der Waals surface area contributed by atoms with Gasteiger partial charge in [-0.25, -0.2) is 4.39 Å². The molecule has 1 atom stereocenters. The molecular weight excluding hydrogens is 253 g/mol. The molecule has 0 bridgehead atoms. The molecule has 94 valence electrons. The average Bonchev–Trinajstić information content (AvgIpc) is 3.13. The molecule has 1 aliphatic rings. The summed E-state index contributed by atoms with van der Waals surface area (Å²) in [6.45, 7) is 2.02. The lowest BCUT2D eigenvalue weighted by Crippen LogP contribution is -2.10. The molecule has 3 nitrogen and oxygen atoms in total. The molecule has 1 aliphatic carbocycles. The molecule has 1 saturated carbocycles. The lowest BCUT2D eigenvalue weighted by molar-refractivity contribution is 0.595. The summed E-state index contributed by atoms with van der Waals surface area (Å²) in [6.07, 6.45) is 2.29. The van der Waals surface area contributed by atoms with Crippen LogP contribution in [0.15, 0.2) is 24.3 Å². The van der Waals surface area contributed by atoms with Crippen LogP contribution in [0.2, 0.25) is 5.28 Å². The molecule has 2 aromatic rings. The van der Waals surface area contributed by atoms with Crippen LogP contribution in [-0.2, 0) is 0 Å². The molecule has 0 saturated heterocycles. The summed E-state index contributed by atoms with van der Waals surface area (Å²) in [5.41, 5.74) is 1.00. The van der Waals surface area contributed by atoms with Gasteiger partial charge in [-0.05, 0) is 49.1 Å². The van der Waals surface area contributed by atoms with E-state index in [1.807, 2.05) is 11.5 Å². The minimum atomic E-state index is -0.233. The van der Waals surface area contributed by atoms with Gasteiger partial charge in [-0.1, -0.05) is 12.1 Å². The van der Waals surface area contributed by atoms with E-state index >= 15 is 0 Å². The van der Waals surface area contributed by atoms with Crippen molar-refractivity contribution in [2.75, 3.05) is 0 Å². The Labute approximate surface area is 110 Å². The summed E-state index contributed by atoms with van der Waals surface area (Å²) >= 11 is 6.11. The Hall–Kier alpha value is -1.42. The Kier molecular flexibility index (Phi) is 2.82. The van der Waals surface area contributed by atoms with E-state index in [0.29, 0.717) is 11.2 Å². The molecule has 1 unspecified atom stereocenters. The van der Waals surface area contributed by atoms with Gasteiger partial charge in [0.05, 0.1) is 6.04 Å². The van der Waals surface area contributed by atoms with Crippen molar-refractivity contribution in [3.8, 4) is 0 Å². The van der Waals surface area contributed by atoms with Crippen LogP contribution in [0.1, 0.15) is 43.1 Å². The molecule has 5 heteroatoms. The van der Waals surface area contributed by atoms with Crippen LogP contribution in [0.25, 0.3) is 0 Å². The first-order valence-electron chi connectivity index (χ1n) is 6.02. The SMILES string of the molecule is CC(c1ccc(F)cc1)n1c(Cl)nnc1C1CC1. The van der Waals surface area contributed by atoms with Gasteiger partial charge in [-0.3, -0.25) is 4.57 Å². The quantitative estimate of drug-likeness (QED) is 0.850. The zero-order chi connectivity index (χ0) is 12.7. The smallest absolute Gasteiger partial charge is 0.225 e. The first-order chi connectivity index (χ1) is 8.66. The topological polar surface area (TPSA) is 30.7 Å². The fourth-order valence-corrected chi connectivity index (χ4v) is 2.42. The summed E-state index contributed by atoms with van der Waals surface area (Å²) in [7, 11) is 0. The van der Waals surface area contributed by atoms with Crippen LogP contribution < -0.4 is 0 Å². The van der Waals surface area contributed by atoms with Crippen LogP contribution in [0.4, 0.5) is 4.39 Å². The van der Waals surface area contributed by atoms with E-state index in [4.69, 9.17) is 11.6 Å². The van der Waals surface area contributed by atoms with Gasteiger partial charge in [0.15, 0.2) is 0 Å².